The molecule has 1 aliphatic rings. The van der Waals surface area contributed by atoms with E-state index in [0.717, 1.165) is 0 Å². The Labute approximate surface area is 156 Å². The molecule has 7 heteroatoms. The van der Waals surface area contributed by atoms with Gasteiger partial charge in [0.1, 0.15) is 11.4 Å². The smallest absolute Gasteiger partial charge is 0.410 e. The molecule has 1 aromatic carbocycles. The second kappa shape index (κ2) is 7.72. The van der Waals surface area contributed by atoms with Gasteiger partial charge < -0.3 is 14.5 Å². The van der Waals surface area contributed by atoms with Gasteiger partial charge in [-0.3, -0.25) is 4.79 Å². The highest BCUT2D eigenvalue weighted by Crippen LogP contribution is 2.19. The number of carbonyl (C=O) groups excluding carboxylic acids is 2. The van der Waals surface area contributed by atoms with Gasteiger partial charge in [0.25, 0.3) is 0 Å². The number of piperazine rings is 1. The molecule has 25 heavy (non-hydrogen) atoms. The van der Waals surface area contributed by atoms with Crippen LogP contribution in [0.2, 0.25) is 0 Å². The summed E-state index contributed by atoms with van der Waals surface area (Å²) in [6.07, 6.45) is -0.217. The van der Waals surface area contributed by atoms with Gasteiger partial charge in [0.15, 0.2) is 0 Å². The Balaban J connectivity index is 1.94. The molecule has 2 rings (SSSR count). The third kappa shape index (κ3) is 5.42. The summed E-state index contributed by atoms with van der Waals surface area (Å²) in [6, 6.07) is 4.56. The molecule has 0 spiro atoms. The van der Waals surface area contributed by atoms with E-state index in [-0.39, 0.29) is 30.3 Å². The highest BCUT2D eigenvalue weighted by atomic mass is 79.9. The summed E-state index contributed by atoms with van der Waals surface area (Å²) < 4.78 is 19.4. The van der Waals surface area contributed by atoms with Crippen molar-refractivity contribution in [2.45, 2.75) is 45.8 Å². The lowest BCUT2D eigenvalue weighted by atomic mass is 10.1. The minimum Gasteiger partial charge on any atom is -0.444 e. The van der Waals surface area contributed by atoms with Gasteiger partial charge in [-0.2, -0.15) is 0 Å². The summed E-state index contributed by atoms with van der Waals surface area (Å²) in [5.41, 5.74) is 0.0861. The number of benzene rings is 1. The van der Waals surface area contributed by atoms with Gasteiger partial charge >= 0.3 is 6.09 Å². The molecule has 0 aliphatic carbocycles. The molecule has 5 nitrogen and oxygen atoms in total. The number of halogens is 2. The van der Waals surface area contributed by atoms with Crippen LogP contribution in [0, 0.1) is 5.82 Å². The topological polar surface area (TPSA) is 49.9 Å². The average molecular weight is 415 g/mol. The fraction of sp³-hybridized carbons (Fsp3) is 0.556. The molecular formula is C18H24BrFN2O3. The van der Waals surface area contributed by atoms with Crippen LogP contribution in [0.1, 0.15) is 33.3 Å². The van der Waals surface area contributed by atoms with E-state index < -0.39 is 5.60 Å². The molecule has 0 saturated carbocycles. The molecule has 1 atom stereocenters. The summed E-state index contributed by atoms with van der Waals surface area (Å²) >= 11 is 3.10. The van der Waals surface area contributed by atoms with E-state index in [4.69, 9.17) is 4.74 Å². The first-order chi connectivity index (χ1) is 11.6. The molecule has 1 fully saturated rings. The third-order valence-electron chi connectivity index (χ3n) is 3.95. The summed E-state index contributed by atoms with van der Waals surface area (Å²) in [5, 5.41) is 0. The Morgan fingerprint density at radius 3 is 2.56 bits per heavy atom. The van der Waals surface area contributed by atoms with Gasteiger partial charge in [-0.15, -0.1) is 0 Å². The molecular weight excluding hydrogens is 391 g/mol. The second-order valence-corrected chi connectivity index (χ2v) is 8.14. The predicted octanol–water partition coefficient (Wildman–Crippen LogP) is 3.60. The molecule has 0 radical (unpaired) electrons. The van der Waals surface area contributed by atoms with Crippen molar-refractivity contribution in [3.8, 4) is 0 Å². The van der Waals surface area contributed by atoms with Crippen molar-refractivity contribution in [3.05, 3.63) is 34.1 Å². The first kappa shape index (κ1) is 19.7. The van der Waals surface area contributed by atoms with Crippen LogP contribution in [0.3, 0.4) is 0 Å². The number of rotatable bonds is 2. The highest BCUT2D eigenvalue weighted by molar-refractivity contribution is 9.10. The van der Waals surface area contributed by atoms with Crippen LogP contribution < -0.4 is 0 Å². The number of carbonyl (C=O) groups is 2. The minimum absolute atomic E-state index is 0.0718. The number of nitrogens with zero attached hydrogens (tertiary/aromatic N) is 2. The molecule has 1 aliphatic heterocycles. The van der Waals surface area contributed by atoms with Gasteiger partial charge in [-0.25, -0.2) is 9.18 Å². The second-order valence-electron chi connectivity index (χ2n) is 7.29. The van der Waals surface area contributed by atoms with Gasteiger partial charge in [0, 0.05) is 25.7 Å². The largest absolute Gasteiger partial charge is 0.444 e. The molecule has 0 N–H and O–H groups in total. The van der Waals surface area contributed by atoms with Crippen LogP contribution in [0.25, 0.3) is 0 Å². The van der Waals surface area contributed by atoms with Crippen LogP contribution in [-0.2, 0) is 16.0 Å². The van der Waals surface area contributed by atoms with Crippen LogP contribution in [0.4, 0.5) is 9.18 Å². The summed E-state index contributed by atoms with van der Waals surface area (Å²) in [7, 11) is 0. The van der Waals surface area contributed by atoms with Gasteiger partial charge in [-0.1, -0.05) is 6.07 Å². The van der Waals surface area contributed by atoms with E-state index in [0.29, 0.717) is 29.7 Å². The van der Waals surface area contributed by atoms with E-state index in [9.17, 15) is 14.0 Å². The van der Waals surface area contributed by atoms with Crippen molar-refractivity contribution >= 4 is 27.9 Å². The number of ether oxygens (including phenoxy) is 1. The number of amides is 2. The van der Waals surface area contributed by atoms with Crippen molar-refractivity contribution in [1.82, 2.24) is 9.80 Å². The Kier molecular flexibility index (Phi) is 6.08. The third-order valence-corrected chi connectivity index (χ3v) is 4.59. The number of hydrogen-bond acceptors (Lipinski definition) is 3. The summed E-state index contributed by atoms with van der Waals surface area (Å²) in [6.45, 7) is 8.68. The molecule has 0 unspecified atom stereocenters. The lowest BCUT2D eigenvalue weighted by Crippen LogP contribution is -2.56. The van der Waals surface area contributed by atoms with Crippen LogP contribution in [0.5, 0.6) is 0 Å². The molecule has 0 aromatic heterocycles. The van der Waals surface area contributed by atoms with Gasteiger partial charge in [0.2, 0.25) is 5.91 Å². The van der Waals surface area contributed by atoms with Crippen LogP contribution in [-0.4, -0.2) is 53.1 Å². The fourth-order valence-corrected chi connectivity index (χ4v) is 2.96. The average Bonchev–Trinajstić information content (AvgIpc) is 2.49. The summed E-state index contributed by atoms with van der Waals surface area (Å²) in [5.74, 6) is -0.453. The van der Waals surface area contributed by atoms with E-state index in [1.165, 1.54) is 6.07 Å². The van der Waals surface area contributed by atoms with E-state index in [1.807, 2.05) is 27.7 Å². The maximum Gasteiger partial charge on any atom is 0.410 e. The molecule has 2 amide bonds. The fourth-order valence-electron chi connectivity index (χ4n) is 2.71. The Morgan fingerprint density at radius 2 is 2.00 bits per heavy atom. The van der Waals surface area contributed by atoms with E-state index in [1.54, 1.807) is 21.9 Å². The van der Waals surface area contributed by atoms with E-state index >= 15 is 0 Å². The molecule has 0 bridgehead atoms. The predicted molar refractivity (Wildman–Crippen MR) is 96.8 cm³/mol. The van der Waals surface area contributed by atoms with Crippen molar-refractivity contribution in [1.29, 1.82) is 0 Å². The quantitative estimate of drug-likeness (QED) is 0.742. The van der Waals surface area contributed by atoms with Crippen molar-refractivity contribution in [2.24, 2.45) is 0 Å². The molecule has 1 heterocycles. The highest BCUT2D eigenvalue weighted by Gasteiger charge is 2.32. The molecule has 138 valence electrons. The van der Waals surface area contributed by atoms with Gasteiger partial charge in [0.05, 0.1) is 10.9 Å². The maximum atomic E-state index is 13.6. The van der Waals surface area contributed by atoms with Crippen molar-refractivity contribution < 1.29 is 18.7 Å². The standard InChI is InChI=1S/C18H24BrFN2O3/c1-12-11-21(7-8-22(12)17(24)25-18(2,3)4)16(23)10-13-5-6-14(19)15(20)9-13/h5-6,9,12H,7-8,10-11H2,1-4H3/t12-/m1/s1. The van der Waals surface area contributed by atoms with Gasteiger partial charge in [-0.05, 0) is 61.3 Å². The monoisotopic (exact) mass is 414 g/mol. The van der Waals surface area contributed by atoms with Crippen molar-refractivity contribution in [3.63, 3.8) is 0 Å². The molecule has 1 saturated heterocycles. The Morgan fingerprint density at radius 1 is 1.32 bits per heavy atom. The zero-order chi connectivity index (χ0) is 18.8. The normalized spacial score (nSPS) is 18.2. The Hall–Kier alpha value is -1.63. The lowest BCUT2D eigenvalue weighted by molar-refractivity contribution is -0.133. The van der Waals surface area contributed by atoms with Crippen LogP contribution >= 0.6 is 15.9 Å². The number of hydrogen-bond donors (Lipinski definition) is 0. The molecule has 1 aromatic rings. The zero-order valence-electron chi connectivity index (χ0n) is 15.0. The minimum atomic E-state index is -0.546. The van der Waals surface area contributed by atoms with Crippen molar-refractivity contribution in [2.75, 3.05) is 19.6 Å². The SMILES string of the molecule is C[C@@H]1CN(C(=O)Cc2ccc(Br)c(F)c2)CCN1C(=O)OC(C)(C)C. The zero-order valence-corrected chi connectivity index (χ0v) is 16.6. The van der Waals surface area contributed by atoms with E-state index in [2.05, 4.69) is 15.9 Å². The maximum absolute atomic E-state index is 13.6. The lowest BCUT2D eigenvalue weighted by Gasteiger charge is -2.40. The Bertz CT molecular complexity index is 660. The summed E-state index contributed by atoms with van der Waals surface area (Å²) in [4.78, 5) is 28.0. The first-order valence-electron chi connectivity index (χ1n) is 8.28. The first-order valence-corrected chi connectivity index (χ1v) is 9.07. The van der Waals surface area contributed by atoms with Crippen LogP contribution in [0.15, 0.2) is 22.7 Å².